The van der Waals surface area contributed by atoms with Crippen LogP contribution in [0.15, 0.2) is 69.8 Å². The number of anilines is 2. The van der Waals surface area contributed by atoms with Gasteiger partial charge in [-0.3, -0.25) is 9.59 Å². The first-order valence-corrected chi connectivity index (χ1v) is 16.4. The summed E-state index contributed by atoms with van der Waals surface area (Å²) in [7, 11) is 0. The zero-order valence-electron chi connectivity index (χ0n) is 28.4. The molecule has 0 aliphatic rings. The number of aromatic nitrogens is 4. The molecule has 3 N–H and O–H groups in total. The molecule has 0 aliphatic heterocycles. The number of halogens is 9. The molecule has 6 rings (SSSR count). The van der Waals surface area contributed by atoms with Crippen LogP contribution in [0.25, 0.3) is 22.5 Å². The monoisotopic (exact) mass is 814 g/mol. The number of hydrogen-bond acceptors (Lipinski definition) is 9. The second kappa shape index (κ2) is 19.6. The number of nitrogens with two attached hydrogens (primary N) is 1. The highest BCUT2D eigenvalue weighted by Crippen LogP contribution is 2.25. The summed E-state index contributed by atoms with van der Waals surface area (Å²) in [6, 6.07) is 9.18. The first-order valence-electron chi connectivity index (χ1n) is 14.9. The average Bonchev–Trinajstić information content (AvgIpc) is 3.64. The summed E-state index contributed by atoms with van der Waals surface area (Å²) in [6.45, 7) is 7.16. The van der Waals surface area contributed by atoms with E-state index >= 15 is 0 Å². The molecule has 54 heavy (non-hydrogen) atoms. The molecule has 0 radical (unpaired) electrons. The first kappa shape index (κ1) is 43.0. The van der Waals surface area contributed by atoms with Crippen molar-refractivity contribution in [2.45, 2.75) is 27.7 Å². The van der Waals surface area contributed by atoms with Gasteiger partial charge in [-0.1, -0.05) is 0 Å². The molecule has 0 saturated heterocycles. The molecule has 0 spiro atoms. The second-order valence-electron chi connectivity index (χ2n) is 10.4. The fraction of sp³-hybridized carbons (Fsp3) is 0.143. The van der Waals surface area contributed by atoms with Gasteiger partial charge in [-0.2, -0.15) is 0 Å². The minimum absolute atomic E-state index is 0.0506. The molecular weight excluding hydrogens is 789 g/mol. The van der Waals surface area contributed by atoms with Crippen molar-refractivity contribution in [1.82, 2.24) is 19.9 Å². The van der Waals surface area contributed by atoms with Gasteiger partial charge < -0.3 is 19.9 Å². The SMILES string of the molecule is Cc1nc(-c2ccc(N)nc2)c(C)o1.Cc1nc(-c2ccc(NC(=O)c3c(F)ccc(F)c3F)nc2)c(C)o1.ClCCl.O=C(Cl)c1c(F)ccc(F)c1F. The Morgan fingerprint density at radius 1 is 0.667 bits per heavy atom. The number of nitrogens with zero attached hydrogens (tertiary/aromatic N) is 4. The Balaban J connectivity index is 0.000000228. The van der Waals surface area contributed by atoms with Gasteiger partial charge in [-0.25, -0.2) is 46.3 Å². The van der Waals surface area contributed by atoms with Crippen LogP contribution in [-0.2, 0) is 0 Å². The lowest BCUT2D eigenvalue weighted by molar-refractivity contribution is 0.101. The van der Waals surface area contributed by atoms with Crippen molar-refractivity contribution in [1.29, 1.82) is 0 Å². The van der Waals surface area contributed by atoms with E-state index in [-0.39, 0.29) is 11.2 Å². The average molecular weight is 816 g/mol. The fourth-order valence-electron chi connectivity index (χ4n) is 4.37. The Kier molecular flexibility index (Phi) is 15.6. The topological polar surface area (TPSA) is 150 Å². The molecule has 0 aliphatic carbocycles. The van der Waals surface area contributed by atoms with Gasteiger partial charge in [0.1, 0.15) is 57.3 Å². The number of carbonyl (C=O) groups excluding carboxylic acids is 2. The highest BCUT2D eigenvalue weighted by Gasteiger charge is 2.22. The highest BCUT2D eigenvalue weighted by atomic mass is 35.5. The summed E-state index contributed by atoms with van der Waals surface area (Å²) in [5.74, 6) is -6.07. The van der Waals surface area contributed by atoms with Crippen molar-refractivity contribution in [3.05, 3.63) is 130 Å². The van der Waals surface area contributed by atoms with E-state index in [1.807, 2.05) is 19.9 Å². The molecule has 0 unspecified atom stereocenters. The number of pyridine rings is 2. The zero-order chi connectivity index (χ0) is 40.3. The predicted octanol–water partition coefficient (Wildman–Crippen LogP) is 9.86. The van der Waals surface area contributed by atoms with Gasteiger partial charge in [0.25, 0.3) is 11.1 Å². The minimum atomic E-state index is -1.56. The van der Waals surface area contributed by atoms with E-state index in [0.29, 0.717) is 58.9 Å². The van der Waals surface area contributed by atoms with E-state index in [4.69, 9.17) is 49.4 Å². The minimum Gasteiger partial charge on any atom is -0.446 e. The number of alkyl halides is 2. The largest absolute Gasteiger partial charge is 0.446 e. The number of aryl methyl sites for hydroxylation is 4. The third kappa shape index (κ3) is 11.3. The smallest absolute Gasteiger partial charge is 0.262 e. The maximum atomic E-state index is 13.6. The van der Waals surface area contributed by atoms with Crippen LogP contribution in [0.2, 0.25) is 0 Å². The molecule has 2 aromatic carbocycles. The van der Waals surface area contributed by atoms with Crippen LogP contribution in [-0.4, -0.2) is 36.4 Å². The molecule has 0 atom stereocenters. The Hall–Kier alpha value is -5.45. The van der Waals surface area contributed by atoms with Crippen molar-refractivity contribution in [2.24, 2.45) is 0 Å². The van der Waals surface area contributed by atoms with Gasteiger partial charge in [0, 0.05) is 37.4 Å². The second-order valence-corrected chi connectivity index (χ2v) is 11.6. The molecule has 6 aromatic rings. The quantitative estimate of drug-likeness (QED) is 0.0750. The van der Waals surface area contributed by atoms with Crippen molar-refractivity contribution in [3.63, 3.8) is 0 Å². The van der Waals surface area contributed by atoms with Crippen molar-refractivity contribution < 1.29 is 44.8 Å². The Morgan fingerprint density at radius 2 is 1.09 bits per heavy atom. The van der Waals surface area contributed by atoms with Crippen molar-refractivity contribution >= 4 is 57.6 Å². The van der Waals surface area contributed by atoms with E-state index in [1.165, 1.54) is 12.3 Å². The number of benzene rings is 2. The number of carbonyl (C=O) groups is 2. The lowest BCUT2D eigenvalue weighted by Gasteiger charge is -2.07. The van der Waals surface area contributed by atoms with Gasteiger partial charge in [-0.15, -0.1) is 23.2 Å². The third-order valence-corrected chi connectivity index (χ3v) is 6.85. The standard InChI is InChI=1S/C17H12F3N3O2.C10H11N3O.C7H2ClF3O.CH2Cl2/c1-8-16(22-9(2)25-8)10-3-6-13(21-7-10)23-17(24)14-11(18)4-5-12(19)15(14)20;1-6-10(13-7(2)14-6)8-3-4-9(11)12-5-8;8-7(12)5-3(9)1-2-4(10)6(5)11;2-1-3/h3-7H,1-2H3,(H,21,23,24);3-5H,1-2H3,(H2,11,12);1-2H;1H2. The summed E-state index contributed by atoms with van der Waals surface area (Å²) in [5, 5.41) is 1.06. The predicted molar refractivity (Wildman–Crippen MR) is 190 cm³/mol. The molecule has 4 aromatic heterocycles. The summed E-state index contributed by atoms with van der Waals surface area (Å²) < 4.78 is 88.6. The number of hydrogen-bond donors (Lipinski definition) is 2. The fourth-order valence-corrected chi connectivity index (χ4v) is 4.54. The molecular formula is C35H27Cl3F6N6O4. The summed E-state index contributed by atoms with van der Waals surface area (Å²) in [6.07, 6.45) is 3.12. The molecule has 4 heterocycles. The van der Waals surface area contributed by atoms with Crippen LogP contribution in [0.1, 0.15) is 44.0 Å². The zero-order valence-corrected chi connectivity index (χ0v) is 30.6. The van der Waals surface area contributed by atoms with Crippen LogP contribution < -0.4 is 11.1 Å². The van der Waals surface area contributed by atoms with E-state index in [9.17, 15) is 35.9 Å². The van der Waals surface area contributed by atoms with E-state index in [1.54, 1.807) is 32.2 Å². The van der Waals surface area contributed by atoms with Crippen LogP contribution in [0.4, 0.5) is 38.0 Å². The molecule has 10 nitrogen and oxygen atoms in total. The molecule has 284 valence electrons. The first-order chi connectivity index (χ1) is 25.5. The maximum Gasteiger partial charge on any atom is 0.262 e. The normalized spacial score (nSPS) is 10.2. The number of nitrogen functional groups attached to an aromatic ring is 1. The van der Waals surface area contributed by atoms with Gasteiger partial charge in [-0.05, 0) is 74.0 Å². The molecule has 1 amide bonds. The summed E-state index contributed by atoms with van der Waals surface area (Å²) >= 11 is 14.3. The lowest BCUT2D eigenvalue weighted by Crippen LogP contribution is -2.17. The van der Waals surface area contributed by atoms with Crippen LogP contribution in [0.5, 0.6) is 0 Å². The van der Waals surface area contributed by atoms with Crippen molar-refractivity contribution in [2.75, 3.05) is 16.4 Å². The van der Waals surface area contributed by atoms with Gasteiger partial charge >= 0.3 is 0 Å². The Morgan fingerprint density at radius 3 is 1.46 bits per heavy atom. The molecule has 19 heteroatoms. The van der Waals surface area contributed by atoms with Gasteiger partial charge in [0.15, 0.2) is 35.1 Å². The number of nitrogens with one attached hydrogen (secondary N) is 1. The van der Waals surface area contributed by atoms with E-state index < -0.39 is 57.2 Å². The van der Waals surface area contributed by atoms with Gasteiger partial charge in [0.2, 0.25) is 0 Å². The lowest BCUT2D eigenvalue weighted by atomic mass is 10.1. The van der Waals surface area contributed by atoms with E-state index in [2.05, 4.69) is 25.3 Å². The Bertz CT molecular complexity index is 2240. The number of amides is 1. The van der Waals surface area contributed by atoms with Gasteiger partial charge in [0.05, 0.1) is 5.34 Å². The van der Waals surface area contributed by atoms with Crippen molar-refractivity contribution in [3.8, 4) is 22.5 Å². The number of oxazole rings is 2. The summed E-state index contributed by atoms with van der Waals surface area (Å²) in [5.41, 5.74) is 6.43. The third-order valence-electron chi connectivity index (χ3n) is 6.66. The highest BCUT2D eigenvalue weighted by molar-refractivity contribution is 6.67. The Labute approximate surface area is 318 Å². The molecule has 0 saturated carbocycles. The number of rotatable bonds is 5. The molecule has 0 bridgehead atoms. The molecule has 0 fully saturated rings. The van der Waals surface area contributed by atoms with Crippen LogP contribution in [0, 0.1) is 62.6 Å². The maximum absolute atomic E-state index is 13.6. The van der Waals surface area contributed by atoms with Crippen LogP contribution in [0.3, 0.4) is 0 Å². The van der Waals surface area contributed by atoms with E-state index in [0.717, 1.165) is 17.0 Å². The summed E-state index contributed by atoms with van der Waals surface area (Å²) in [4.78, 5) is 38.8. The van der Waals surface area contributed by atoms with Crippen LogP contribution >= 0.6 is 34.8 Å².